The standard InChI is InChI=1S/C10H14N2OS/c1-13-9-11-5-7(14-9)8-10(6-12-8)3-2-4-10/h5,8,12H,2-4,6H2,1H3. The number of ether oxygens (including phenoxy) is 1. The Hall–Kier alpha value is -0.610. The molecule has 1 aliphatic carbocycles. The van der Waals surface area contributed by atoms with E-state index < -0.39 is 0 Å². The van der Waals surface area contributed by atoms with Gasteiger partial charge in [-0.25, -0.2) is 4.98 Å². The summed E-state index contributed by atoms with van der Waals surface area (Å²) in [4.78, 5) is 5.56. The SMILES string of the molecule is COc1ncc(C2NCC23CCC3)s1. The Morgan fingerprint density at radius 2 is 2.50 bits per heavy atom. The first kappa shape index (κ1) is 8.68. The Balaban J connectivity index is 1.81. The molecule has 1 aliphatic heterocycles. The van der Waals surface area contributed by atoms with Gasteiger partial charge < -0.3 is 10.1 Å². The molecule has 3 rings (SSSR count). The maximum Gasteiger partial charge on any atom is 0.273 e. The lowest BCUT2D eigenvalue weighted by atomic mass is 9.59. The predicted octanol–water partition coefficient (Wildman–Crippen LogP) is 1.97. The van der Waals surface area contributed by atoms with Crippen LogP contribution in [0.4, 0.5) is 0 Å². The Bertz CT molecular complexity index is 340. The van der Waals surface area contributed by atoms with Gasteiger partial charge in [-0.2, -0.15) is 0 Å². The van der Waals surface area contributed by atoms with Gasteiger partial charge in [0.05, 0.1) is 13.2 Å². The quantitative estimate of drug-likeness (QED) is 0.810. The van der Waals surface area contributed by atoms with Crippen LogP contribution >= 0.6 is 11.3 Å². The lowest BCUT2D eigenvalue weighted by molar-refractivity contribution is -0.00394. The zero-order valence-corrected chi connectivity index (χ0v) is 9.06. The summed E-state index contributed by atoms with van der Waals surface area (Å²) in [7, 11) is 1.68. The molecule has 0 amide bonds. The molecule has 0 aromatic carbocycles. The highest BCUT2D eigenvalue weighted by molar-refractivity contribution is 7.13. The summed E-state index contributed by atoms with van der Waals surface area (Å²) in [6.45, 7) is 1.19. The average molecular weight is 210 g/mol. The smallest absolute Gasteiger partial charge is 0.273 e. The van der Waals surface area contributed by atoms with Gasteiger partial charge in [-0.3, -0.25) is 0 Å². The highest BCUT2D eigenvalue weighted by atomic mass is 32.1. The van der Waals surface area contributed by atoms with Crippen LogP contribution in [0, 0.1) is 5.41 Å². The summed E-state index contributed by atoms with van der Waals surface area (Å²) < 4.78 is 5.11. The molecule has 1 saturated carbocycles. The van der Waals surface area contributed by atoms with E-state index in [0.717, 1.165) is 5.19 Å². The molecule has 1 spiro atoms. The van der Waals surface area contributed by atoms with Gasteiger partial charge in [0.2, 0.25) is 0 Å². The fourth-order valence-corrected chi connectivity index (χ4v) is 3.44. The topological polar surface area (TPSA) is 34.1 Å². The monoisotopic (exact) mass is 210 g/mol. The third-order valence-electron chi connectivity index (χ3n) is 3.58. The van der Waals surface area contributed by atoms with Gasteiger partial charge >= 0.3 is 0 Å². The minimum absolute atomic E-state index is 0.553. The van der Waals surface area contributed by atoms with E-state index in [1.807, 2.05) is 6.20 Å². The molecule has 1 aromatic rings. The molecule has 4 heteroatoms. The summed E-state index contributed by atoms with van der Waals surface area (Å²) in [5.41, 5.74) is 0.581. The fraction of sp³-hybridized carbons (Fsp3) is 0.700. The number of rotatable bonds is 2. The molecule has 1 saturated heterocycles. The van der Waals surface area contributed by atoms with E-state index in [4.69, 9.17) is 4.74 Å². The first-order valence-corrected chi connectivity index (χ1v) is 5.89. The summed E-state index contributed by atoms with van der Waals surface area (Å²) >= 11 is 1.67. The highest BCUT2D eigenvalue weighted by Gasteiger charge is 2.51. The van der Waals surface area contributed by atoms with Crippen LogP contribution in [0.5, 0.6) is 5.19 Å². The molecule has 0 radical (unpaired) electrons. The molecular weight excluding hydrogens is 196 g/mol. The van der Waals surface area contributed by atoms with Crippen molar-refractivity contribution in [3.05, 3.63) is 11.1 Å². The number of hydrogen-bond donors (Lipinski definition) is 1. The molecular formula is C10H14N2OS. The Morgan fingerprint density at radius 1 is 1.64 bits per heavy atom. The van der Waals surface area contributed by atoms with E-state index in [9.17, 15) is 0 Å². The van der Waals surface area contributed by atoms with Crippen LogP contribution in [0.3, 0.4) is 0 Å². The molecule has 0 bridgehead atoms. The zero-order valence-electron chi connectivity index (χ0n) is 8.25. The number of methoxy groups -OCH3 is 1. The van der Waals surface area contributed by atoms with Crippen LogP contribution in [0.1, 0.15) is 30.2 Å². The van der Waals surface area contributed by atoms with E-state index in [2.05, 4.69) is 10.3 Å². The number of nitrogens with one attached hydrogen (secondary N) is 1. The summed E-state index contributed by atoms with van der Waals surface area (Å²) in [5.74, 6) is 0. The molecule has 76 valence electrons. The van der Waals surface area contributed by atoms with Crippen LogP contribution in [-0.4, -0.2) is 18.6 Å². The van der Waals surface area contributed by atoms with E-state index in [1.54, 1.807) is 18.4 Å². The summed E-state index contributed by atoms with van der Waals surface area (Å²) in [6, 6.07) is 0.553. The minimum Gasteiger partial charge on any atom is -0.473 e. The van der Waals surface area contributed by atoms with Crippen molar-refractivity contribution in [3.8, 4) is 5.19 Å². The molecule has 1 N–H and O–H groups in total. The van der Waals surface area contributed by atoms with Gasteiger partial charge in [0.1, 0.15) is 0 Å². The predicted molar refractivity (Wildman–Crippen MR) is 55.7 cm³/mol. The van der Waals surface area contributed by atoms with E-state index in [-0.39, 0.29) is 0 Å². The molecule has 1 atom stereocenters. The van der Waals surface area contributed by atoms with Crippen molar-refractivity contribution in [1.82, 2.24) is 10.3 Å². The fourth-order valence-electron chi connectivity index (χ4n) is 2.49. The van der Waals surface area contributed by atoms with Crippen molar-refractivity contribution in [1.29, 1.82) is 0 Å². The van der Waals surface area contributed by atoms with Crippen LogP contribution < -0.4 is 10.1 Å². The second-order valence-electron chi connectivity index (χ2n) is 4.26. The maximum absolute atomic E-state index is 5.11. The summed E-state index contributed by atoms with van der Waals surface area (Å²) in [6.07, 6.45) is 6.12. The number of hydrogen-bond acceptors (Lipinski definition) is 4. The molecule has 2 aliphatic rings. The van der Waals surface area contributed by atoms with E-state index in [1.165, 1.54) is 30.7 Å². The Labute approximate surface area is 87.5 Å². The lowest BCUT2D eigenvalue weighted by Crippen LogP contribution is -2.59. The first-order valence-electron chi connectivity index (χ1n) is 5.07. The normalized spacial score (nSPS) is 28.2. The van der Waals surface area contributed by atoms with E-state index >= 15 is 0 Å². The van der Waals surface area contributed by atoms with E-state index in [0.29, 0.717) is 11.5 Å². The zero-order chi connectivity index (χ0) is 9.60. The number of nitrogens with zero attached hydrogens (tertiary/aromatic N) is 1. The molecule has 2 fully saturated rings. The Morgan fingerprint density at radius 3 is 2.93 bits per heavy atom. The highest BCUT2D eigenvalue weighted by Crippen LogP contribution is 2.56. The average Bonchev–Trinajstić information content (AvgIpc) is 2.48. The van der Waals surface area contributed by atoms with Crippen molar-refractivity contribution < 1.29 is 4.74 Å². The number of thiazole rings is 1. The Kier molecular flexibility index (Phi) is 1.82. The minimum atomic E-state index is 0.553. The largest absolute Gasteiger partial charge is 0.473 e. The van der Waals surface area contributed by atoms with Crippen LogP contribution in [-0.2, 0) is 0 Å². The van der Waals surface area contributed by atoms with Gasteiger partial charge in [0.25, 0.3) is 5.19 Å². The van der Waals surface area contributed by atoms with Crippen LogP contribution in [0.15, 0.2) is 6.20 Å². The third-order valence-corrected chi connectivity index (χ3v) is 4.60. The molecule has 2 heterocycles. The molecule has 3 nitrogen and oxygen atoms in total. The van der Waals surface area contributed by atoms with Gasteiger partial charge in [0.15, 0.2) is 0 Å². The summed E-state index contributed by atoms with van der Waals surface area (Å²) in [5, 5.41) is 4.29. The van der Waals surface area contributed by atoms with Crippen LogP contribution in [0.2, 0.25) is 0 Å². The van der Waals surface area contributed by atoms with Crippen molar-refractivity contribution in [2.45, 2.75) is 25.3 Å². The lowest BCUT2D eigenvalue weighted by Gasteiger charge is -2.56. The van der Waals surface area contributed by atoms with Crippen molar-refractivity contribution in [2.24, 2.45) is 5.41 Å². The van der Waals surface area contributed by atoms with Gasteiger partial charge in [-0.15, -0.1) is 0 Å². The molecule has 1 aromatic heterocycles. The second kappa shape index (κ2) is 2.94. The van der Waals surface area contributed by atoms with Crippen molar-refractivity contribution in [2.75, 3.05) is 13.7 Å². The molecule has 1 unspecified atom stereocenters. The van der Waals surface area contributed by atoms with Gasteiger partial charge in [-0.05, 0) is 12.8 Å². The molecule has 14 heavy (non-hydrogen) atoms. The second-order valence-corrected chi connectivity index (χ2v) is 5.29. The maximum atomic E-state index is 5.11. The van der Waals surface area contributed by atoms with Crippen molar-refractivity contribution in [3.63, 3.8) is 0 Å². The van der Waals surface area contributed by atoms with Crippen molar-refractivity contribution >= 4 is 11.3 Å². The van der Waals surface area contributed by atoms with Gasteiger partial charge in [-0.1, -0.05) is 17.8 Å². The third kappa shape index (κ3) is 1.04. The van der Waals surface area contributed by atoms with Crippen LogP contribution in [0.25, 0.3) is 0 Å². The number of aromatic nitrogens is 1. The van der Waals surface area contributed by atoms with Gasteiger partial charge in [0, 0.05) is 23.0 Å². The first-order chi connectivity index (χ1) is 6.84.